The van der Waals surface area contributed by atoms with E-state index in [0.29, 0.717) is 16.8 Å². The molecule has 0 atom stereocenters. The van der Waals surface area contributed by atoms with Crippen LogP contribution in [0.15, 0.2) is 88.2 Å². The van der Waals surface area contributed by atoms with Gasteiger partial charge in [0, 0.05) is 15.7 Å². The van der Waals surface area contributed by atoms with Crippen LogP contribution >= 0.6 is 15.9 Å². The Morgan fingerprint density at radius 3 is 2.08 bits per heavy atom. The Labute approximate surface area is 160 Å². The predicted octanol–water partition coefficient (Wildman–Crippen LogP) is 4.68. The number of amides is 1. The van der Waals surface area contributed by atoms with Gasteiger partial charge in [0.25, 0.3) is 5.91 Å². The van der Waals surface area contributed by atoms with Crippen LogP contribution in [-0.4, -0.2) is 14.3 Å². The second-order valence-corrected chi connectivity index (χ2v) is 8.64. The molecule has 3 aromatic rings. The van der Waals surface area contributed by atoms with Gasteiger partial charge in [-0.2, -0.15) is 0 Å². The second kappa shape index (κ2) is 7.85. The van der Waals surface area contributed by atoms with Gasteiger partial charge in [0.05, 0.1) is 10.6 Å². The predicted molar refractivity (Wildman–Crippen MR) is 106 cm³/mol. The zero-order valence-corrected chi connectivity index (χ0v) is 16.1. The molecule has 4 nitrogen and oxygen atoms in total. The third-order valence-electron chi connectivity index (χ3n) is 3.78. The Hall–Kier alpha value is -2.44. The van der Waals surface area contributed by atoms with Crippen molar-refractivity contribution in [3.8, 4) is 0 Å². The number of hydrogen-bond acceptors (Lipinski definition) is 3. The molecule has 0 saturated heterocycles. The molecule has 3 aromatic carbocycles. The number of anilines is 1. The lowest BCUT2D eigenvalue weighted by Crippen LogP contribution is -2.12. The number of halogens is 1. The number of para-hydroxylation sites is 1. The van der Waals surface area contributed by atoms with Gasteiger partial charge < -0.3 is 5.32 Å². The van der Waals surface area contributed by atoms with E-state index in [4.69, 9.17) is 0 Å². The van der Waals surface area contributed by atoms with E-state index in [1.807, 2.05) is 18.2 Å². The first-order chi connectivity index (χ1) is 12.4. The first-order valence-electron chi connectivity index (χ1n) is 7.88. The number of nitrogens with one attached hydrogen (secondary N) is 1. The Kier molecular flexibility index (Phi) is 5.54. The van der Waals surface area contributed by atoms with Crippen LogP contribution < -0.4 is 5.32 Å². The molecular weight excluding hydrogens is 414 g/mol. The van der Waals surface area contributed by atoms with E-state index in [-0.39, 0.29) is 16.6 Å². The quantitative estimate of drug-likeness (QED) is 0.640. The van der Waals surface area contributed by atoms with E-state index in [1.165, 1.54) is 0 Å². The summed E-state index contributed by atoms with van der Waals surface area (Å²) in [5.41, 5.74) is 1.81. The van der Waals surface area contributed by atoms with Gasteiger partial charge >= 0.3 is 0 Å². The highest BCUT2D eigenvalue weighted by Crippen LogP contribution is 2.20. The molecule has 0 aliphatic carbocycles. The molecule has 26 heavy (non-hydrogen) atoms. The molecule has 0 aromatic heterocycles. The van der Waals surface area contributed by atoms with Crippen LogP contribution in [0, 0.1) is 0 Å². The van der Waals surface area contributed by atoms with Crippen LogP contribution in [0.3, 0.4) is 0 Å². The van der Waals surface area contributed by atoms with Crippen LogP contribution in [0.5, 0.6) is 0 Å². The molecule has 0 aliphatic rings. The number of rotatable bonds is 5. The maximum absolute atomic E-state index is 12.5. The summed E-state index contributed by atoms with van der Waals surface area (Å²) in [6, 6.07) is 22.3. The van der Waals surface area contributed by atoms with Gasteiger partial charge in [-0.25, -0.2) is 8.42 Å². The molecule has 0 spiro atoms. The zero-order valence-electron chi connectivity index (χ0n) is 13.7. The summed E-state index contributed by atoms with van der Waals surface area (Å²) in [4.78, 5) is 12.5. The van der Waals surface area contributed by atoms with Gasteiger partial charge in [-0.3, -0.25) is 4.79 Å². The Balaban J connectivity index is 1.71. The first kappa shape index (κ1) is 18.4. The van der Waals surface area contributed by atoms with Crippen molar-refractivity contribution in [3.63, 3.8) is 0 Å². The molecule has 0 saturated carbocycles. The van der Waals surface area contributed by atoms with E-state index in [9.17, 15) is 13.2 Å². The molecule has 6 heteroatoms. The van der Waals surface area contributed by atoms with Crippen molar-refractivity contribution in [3.05, 3.63) is 94.5 Å². The van der Waals surface area contributed by atoms with E-state index in [2.05, 4.69) is 21.2 Å². The summed E-state index contributed by atoms with van der Waals surface area (Å²) in [7, 11) is -3.43. The fourth-order valence-corrected chi connectivity index (χ4v) is 4.03. The van der Waals surface area contributed by atoms with Crippen molar-refractivity contribution >= 4 is 37.4 Å². The SMILES string of the molecule is O=C(Nc1ccccc1)c1ccc(CS(=O)(=O)c2ccc(Br)cc2)cc1. The highest BCUT2D eigenvalue weighted by Gasteiger charge is 2.15. The van der Waals surface area contributed by atoms with Gasteiger partial charge in [0.1, 0.15) is 0 Å². The normalized spacial score (nSPS) is 11.1. The topological polar surface area (TPSA) is 63.2 Å². The second-order valence-electron chi connectivity index (χ2n) is 5.73. The maximum Gasteiger partial charge on any atom is 0.255 e. The molecule has 0 aliphatic heterocycles. The monoisotopic (exact) mass is 429 g/mol. The van der Waals surface area contributed by atoms with Crippen molar-refractivity contribution < 1.29 is 13.2 Å². The first-order valence-corrected chi connectivity index (χ1v) is 10.3. The number of carbonyl (C=O) groups excluding carboxylic acids is 1. The minimum atomic E-state index is -3.43. The molecule has 132 valence electrons. The highest BCUT2D eigenvalue weighted by molar-refractivity contribution is 9.10. The van der Waals surface area contributed by atoms with E-state index < -0.39 is 9.84 Å². The average Bonchev–Trinajstić information content (AvgIpc) is 2.63. The highest BCUT2D eigenvalue weighted by atomic mass is 79.9. The summed E-state index contributed by atoms with van der Waals surface area (Å²) in [6.07, 6.45) is 0. The minimum Gasteiger partial charge on any atom is -0.322 e. The third kappa shape index (κ3) is 4.59. The lowest BCUT2D eigenvalue weighted by molar-refractivity contribution is 0.102. The fraction of sp³-hybridized carbons (Fsp3) is 0.0500. The Morgan fingerprint density at radius 1 is 0.846 bits per heavy atom. The Bertz CT molecular complexity index is 999. The van der Waals surface area contributed by atoms with Gasteiger partial charge in [0.15, 0.2) is 9.84 Å². The summed E-state index contributed by atoms with van der Waals surface area (Å²) < 4.78 is 25.8. The summed E-state index contributed by atoms with van der Waals surface area (Å²) in [5.74, 6) is -0.353. The zero-order chi connectivity index (χ0) is 18.6. The van der Waals surface area contributed by atoms with Crippen molar-refractivity contribution in [2.75, 3.05) is 5.32 Å². The molecule has 3 rings (SSSR count). The fourth-order valence-electron chi connectivity index (χ4n) is 2.42. The number of benzene rings is 3. The maximum atomic E-state index is 12.5. The van der Waals surface area contributed by atoms with Crippen molar-refractivity contribution in [2.45, 2.75) is 10.6 Å². The molecule has 1 N–H and O–H groups in total. The molecule has 0 unspecified atom stereocenters. The molecule has 0 fully saturated rings. The van der Waals surface area contributed by atoms with Gasteiger partial charge in [-0.1, -0.05) is 46.3 Å². The van der Waals surface area contributed by atoms with Crippen LogP contribution in [0.4, 0.5) is 5.69 Å². The molecule has 0 radical (unpaired) electrons. The lowest BCUT2D eigenvalue weighted by atomic mass is 10.1. The number of hydrogen-bond donors (Lipinski definition) is 1. The van der Waals surface area contributed by atoms with Crippen LogP contribution in [-0.2, 0) is 15.6 Å². The third-order valence-corrected chi connectivity index (χ3v) is 6.01. The molecular formula is C20H16BrNO3S. The molecule has 0 bridgehead atoms. The minimum absolute atomic E-state index is 0.116. The number of sulfone groups is 1. The van der Waals surface area contributed by atoms with Crippen LogP contribution in [0.1, 0.15) is 15.9 Å². The van der Waals surface area contributed by atoms with Gasteiger partial charge in [-0.05, 0) is 54.1 Å². The van der Waals surface area contributed by atoms with Crippen LogP contribution in [0.25, 0.3) is 0 Å². The summed E-state index contributed by atoms with van der Waals surface area (Å²) in [6.45, 7) is 0. The molecule has 0 heterocycles. The standard InChI is InChI=1S/C20H16BrNO3S/c21-17-10-12-19(13-11-17)26(24,25)14-15-6-8-16(9-7-15)20(23)22-18-4-2-1-3-5-18/h1-13H,14H2,(H,22,23). The lowest BCUT2D eigenvalue weighted by Gasteiger charge is -2.07. The largest absolute Gasteiger partial charge is 0.322 e. The van der Waals surface area contributed by atoms with Gasteiger partial charge in [-0.15, -0.1) is 0 Å². The van der Waals surface area contributed by atoms with Gasteiger partial charge in [0.2, 0.25) is 0 Å². The van der Waals surface area contributed by atoms with E-state index >= 15 is 0 Å². The van der Waals surface area contributed by atoms with Crippen molar-refractivity contribution in [2.24, 2.45) is 0 Å². The Morgan fingerprint density at radius 2 is 1.46 bits per heavy atom. The number of carbonyl (C=O) groups is 1. The smallest absolute Gasteiger partial charge is 0.255 e. The average molecular weight is 430 g/mol. The summed E-state index contributed by atoms with van der Waals surface area (Å²) >= 11 is 3.29. The van der Waals surface area contributed by atoms with Crippen molar-refractivity contribution in [1.29, 1.82) is 0 Å². The van der Waals surface area contributed by atoms with E-state index in [1.54, 1.807) is 60.7 Å². The molecule has 1 amide bonds. The van der Waals surface area contributed by atoms with Crippen molar-refractivity contribution in [1.82, 2.24) is 0 Å². The van der Waals surface area contributed by atoms with E-state index in [0.717, 1.165) is 4.47 Å². The summed E-state index contributed by atoms with van der Waals surface area (Å²) in [5, 5.41) is 2.80. The van der Waals surface area contributed by atoms with Crippen LogP contribution in [0.2, 0.25) is 0 Å².